The van der Waals surface area contributed by atoms with Crippen LogP contribution in [0, 0.1) is 0 Å². The minimum absolute atomic E-state index is 0.125. The van der Waals surface area contributed by atoms with Crippen LogP contribution in [0.5, 0.6) is 0 Å². The summed E-state index contributed by atoms with van der Waals surface area (Å²) in [5.74, 6) is -0.00372. The molecule has 6 heteroatoms. The Labute approximate surface area is 169 Å². The molecule has 29 heavy (non-hydrogen) atoms. The van der Waals surface area contributed by atoms with Crippen molar-refractivity contribution in [1.82, 2.24) is 15.3 Å². The number of carbonyl (C=O) groups excluding carboxylic acids is 2. The largest absolute Gasteiger partial charge is 0.348 e. The molecule has 3 aromatic rings. The number of rotatable bonds is 5. The lowest BCUT2D eigenvalue weighted by molar-refractivity contribution is -0.118. The third-order valence-electron chi connectivity index (χ3n) is 5.04. The lowest BCUT2D eigenvalue weighted by Gasteiger charge is -2.16. The van der Waals surface area contributed by atoms with Crippen LogP contribution in [0.3, 0.4) is 0 Å². The van der Waals surface area contributed by atoms with Gasteiger partial charge in [0.25, 0.3) is 5.91 Å². The first kappa shape index (κ1) is 18.8. The molecule has 0 unspecified atom stereocenters. The second kappa shape index (κ2) is 8.22. The molecule has 2 aromatic heterocycles. The maximum Gasteiger partial charge on any atom is 0.251 e. The number of nitrogens with zero attached hydrogens (tertiary/aromatic N) is 3. The molecule has 146 valence electrons. The van der Waals surface area contributed by atoms with Crippen LogP contribution in [0.1, 0.15) is 35.0 Å². The lowest BCUT2D eigenvalue weighted by Crippen LogP contribution is -2.27. The van der Waals surface area contributed by atoms with Gasteiger partial charge in [-0.15, -0.1) is 0 Å². The van der Waals surface area contributed by atoms with Gasteiger partial charge in [0.05, 0.1) is 17.1 Å². The van der Waals surface area contributed by atoms with E-state index in [2.05, 4.69) is 10.3 Å². The zero-order valence-electron chi connectivity index (χ0n) is 16.3. The highest BCUT2D eigenvalue weighted by Crippen LogP contribution is 2.30. The van der Waals surface area contributed by atoms with E-state index in [-0.39, 0.29) is 11.8 Å². The molecule has 1 aliphatic rings. The van der Waals surface area contributed by atoms with E-state index in [0.29, 0.717) is 25.1 Å². The summed E-state index contributed by atoms with van der Waals surface area (Å²) in [6.07, 6.45) is 4.70. The third-order valence-corrected chi connectivity index (χ3v) is 5.04. The van der Waals surface area contributed by atoms with Gasteiger partial charge in [-0.1, -0.05) is 25.1 Å². The Morgan fingerprint density at radius 1 is 1.10 bits per heavy atom. The van der Waals surface area contributed by atoms with E-state index < -0.39 is 0 Å². The Kier molecular flexibility index (Phi) is 5.33. The first-order chi connectivity index (χ1) is 14.2. The molecule has 0 saturated heterocycles. The van der Waals surface area contributed by atoms with Crippen molar-refractivity contribution in [2.45, 2.75) is 26.3 Å². The standard InChI is InChI=1S/C23H22N4O2/c1-2-22(28)27-13-11-20-21(27)10-9-19(26-20)17-5-7-18(8-6-17)23(29)25-15-16-4-3-12-24-14-16/h3-10,12,14H,2,11,13,15H2,1H3,(H,25,29). The van der Waals surface area contributed by atoms with Gasteiger partial charge in [0.2, 0.25) is 5.91 Å². The number of nitrogens with one attached hydrogen (secondary N) is 1. The van der Waals surface area contributed by atoms with Crippen molar-refractivity contribution < 1.29 is 9.59 Å². The predicted molar refractivity (Wildman–Crippen MR) is 111 cm³/mol. The monoisotopic (exact) mass is 386 g/mol. The summed E-state index contributed by atoms with van der Waals surface area (Å²) in [6, 6.07) is 15.1. The van der Waals surface area contributed by atoms with Crippen molar-refractivity contribution in [3.05, 3.63) is 77.7 Å². The predicted octanol–water partition coefficient (Wildman–Crippen LogP) is 3.37. The Morgan fingerprint density at radius 2 is 1.93 bits per heavy atom. The van der Waals surface area contributed by atoms with Gasteiger partial charge in [0.1, 0.15) is 0 Å². The quantitative estimate of drug-likeness (QED) is 0.729. The number of carbonyl (C=O) groups is 2. The molecule has 1 aromatic carbocycles. The average Bonchev–Trinajstić information content (AvgIpc) is 3.21. The number of pyridine rings is 2. The average molecular weight is 386 g/mol. The van der Waals surface area contributed by atoms with Gasteiger partial charge >= 0.3 is 0 Å². The topological polar surface area (TPSA) is 75.2 Å². The van der Waals surface area contributed by atoms with Crippen LogP contribution in [0.15, 0.2) is 60.9 Å². The van der Waals surface area contributed by atoms with E-state index >= 15 is 0 Å². The molecule has 6 nitrogen and oxygen atoms in total. The lowest BCUT2D eigenvalue weighted by atomic mass is 10.1. The van der Waals surface area contributed by atoms with E-state index in [0.717, 1.165) is 34.6 Å². The first-order valence-electron chi connectivity index (χ1n) is 9.73. The Balaban J connectivity index is 1.45. The van der Waals surface area contributed by atoms with Crippen molar-refractivity contribution in [3.8, 4) is 11.3 Å². The van der Waals surface area contributed by atoms with Crippen molar-refractivity contribution in [1.29, 1.82) is 0 Å². The fourth-order valence-electron chi connectivity index (χ4n) is 3.45. The fourth-order valence-corrected chi connectivity index (χ4v) is 3.45. The molecule has 0 radical (unpaired) electrons. The molecule has 0 aliphatic carbocycles. The molecule has 0 spiro atoms. The number of fused-ring (bicyclic) bond motifs is 1. The summed E-state index contributed by atoms with van der Waals surface area (Å²) < 4.78 is 0. The van der Waals surface area contributed by atoms with E-state index in [4.69, 9.17) is 4.98 Å². The second-order valence-corrected chi connectivity index (χ2v) is 6.93. The molecule has 0 atom stereocenters. The molecule has 4 rings (SSSR count). The zero-order chi connectivity index (χ0) is 20.2. The normalized spacial score (nSPS) is 12.5. The summed E-state index contributed by atoms with van der Waals surface area (Å²) in [4.78, 5) is 35.0. The summed E-state index contributed by atoms with van der Waals surface area (Å²) in [5.41, 5.74) is 5.19. The molecule has 1 aliphatic heterocycles. The maximum absolute atomic E-state index is 12.4. The van der Waals surface area contributed by atoms with Gasteiger partial charge < -0.3 is 10.2 Å². The number of aromatic nitrogens is 2. The summed E-state index contributed by atoms with van der Waals surface area (Å²) in [5, 5.41) is 2.90. The van der Waals surface area contributed by atoms with Crippen LogP contribution in [0.2, 0.25) is 0 Å². The summed E-state index contributed by atoms with van der Waals surface area (Å²) in [6.45, 7) is 3.00. The van der Waals surface area contributed by atoms with E-state index in [1.807, 2.05) is 48.2 Å². The van der Waals surface area contributed by atoms with Crippen molar-refractivity contribution >= 4 is 17.5 Å². The number of anilines is 1. The van der Waals surface area contributed by atoms with Gasteiger partial charge in [-0.2, -0.15) is 0 Å². The van der Waals surface area contributed by atoms with E-state index in [1.165, 1.54) is 0 Å². The van der Waals surface area contributed by atoms with Gasteiger partial charge in [-0.3, -0.25) is 19.6 Å². The number of hydrogen-bond acceptors (Lipinski definition) is 4. The molecule has 0 fully saturated rings. The molecular weight excluding hydrogens is 364 g/mol. The minimum atomic E-state index is -0.129. The fraction of sp³-hybridized carbons (Fsp3) is 0.217. The van der Waals surface area contributed by atoms with Gasteiger partial charge in [-0.25, -0.2) is 0 Å². The zero-order valence-corrected chi connectivity index (χ0v) is 16.3. The first-order valence-corrected chi connectivity index (χ1v) is 9.73. The van der Waals surface area contributed by atoms with E-state index in [9.17, 15) is 9.59 Å². The van der Waals surface area contributed by atoms with Gasteiger partial charge in [-0.05, 0) is 35.9 Å². The Bertz CT molecular complexity index is 1030. The minimum Gasteiger partial charge on any atom is -0.348 e. The Hall–Kier alpha value is -3.54. The van der Waals surface area contributed by atoms with Crippen LogP contribution in [-0.4, -0.2) is 28.3 Å². The van der Waals surface area contributed by atoms with Crippen LogP contribution < -0.4 is 10.2 Å². The molecule has 0 saturated carbocycles. The smallest absolute Gasteiger partial charge is 0.251 e. The van der Waals surface area contributed by atoms with Crippen molar-refractivity contribution in [3.63, 3.8) is 0 Å². The SMILES string of the molecule is CCC(=O)N1CCc2nc(-c3ccc(C(=O)NCc4cccnc4)cc3)ccc21. The highest BCUT2D eigenvalue weighted by molar-refractivity contribution is 5.95. The molecule has 0 bridgehead atoms. The van der Waals surface area contributed by atoms with Crippen molar-refractivity contribution in [2.24, 2.45) is 0 Å². The third kappa shape index (κ3) is 4.01. The van der Waals surface area contributed by atoms with Crippen LogP contribution in [0.4, 0.5) is 5.69 Å². The highest BCUT2D eigenvalue weighted by Gasteiger charge is 2.24. The number of hydrogen-bond donors (Lipinski definition) is 1. The molecule has 1 N–H and O–H groups in total. The number of amides is 2. The summed E-state index contributed by atoms with van der Waals surface area (Å²) in [7, 11) is 0. The van der Waals surface area contributed by atoms with Crippen LogP contribution in [-0.2, 0) is 17.8 Å². The molecular formula is C23H22N4O2. The van der Waals surface area contributed by atoms with Gasteiger partial charge in [0.15, 0.2) is 0 Å². The van der Waals surface area contributed by atoms with E-state index in [1.54, 1.807) is 24.5 Å². The highest BCUT2D eigenvalue weighted by atomic mass is 16.2. The van der Waals surface area contributed by atoms with Crippen molar-refractivity contribution in [2.75, 3.05) is 11.4 Å². The summed E-state index contributed by atoms with van der Waals surface area (Å²) >= 11 is 0. The van der Waals surface area contributed by atoms with Crippen LogP contribution >= 0.6 is 0 Å². The van der Waals surface area contributed by atoms with Crippen LogP contribution in [0.25, 0.3) is 11.3 Å². The maximum atomic E-state index is 12.4. The molecule has 2 amide bonds. The number of benzene rings is 1. The Morgan fingerprint density at radius 3 is 2.66 bits per heavy atom. The van der Waals surface area contributed by atoms with Gasteiger partial charge in [0, 0.05) is 49.5 Å². The second-order valence-electron chi connectivity index (χ2n) is 6.93. The molecule has 3 heterocycles.